The van der Waals surface area contributed by atoms with Crippen molar-refractivity contribution in [2.45, 2.75) is 88.4 Å². The van der Waals surface area contributed by atoms with Crippen LogP contribution in [0.2, 0.25) is 0 Å². The number of fused-ring (bicyclic) bond motifs is 2. The highest BCUT2D eigenvalue weighted by Crippen LogP contribution is 2.50. The summed E-state index contributed by atoms with van der Waals surface area (Å²) >= 11 is 0. The van der Waals surface area contributed by atoms with Crippen molar-refractivity contribution >= 4 is 0 Å². The normalized spacial score (nSPS) is 42.5. The first-order valence-corrected chi connectivity index (χ1v) is 9.84. The van der Waals surface area contributed by atoms with Gasteiger partial charge in [-0.3, -0.25) is 0 Å². The van der Waals surface area contributed by atoms with E-state index in [1.54, 1.807) is 0 Å². The molecule has 0 amide bonds. The average Bonchev–Trinajstić information content (AvgIpc) is 3.19. The Hall–Kier alpha value is -0.200. The maximum absolute atomic E-state index is 6.02. The van der Waals surface area contributed by atoms with Gasteiger partial charge < -0.3 is 24.3 Å². The Morgan fingerprint density at radius 3 is 2.46 bits per heavy atom. The maximum Gasteiger partial charge on any atom is 0.170 e. The Labute approximate surface area is 145 Å². The van der Waals surface area contributed by atoms with Gasteiger partial charge in [0.1, 0.15) is 0 Å². The van der Waals surface area contributed by atoms with Crippen molar-refractivity contribution in [3.05, 3.63) is 0 Å². The number of piperidine rings is 2. The third kappa shape index (κ3) is 3.14. The van der Waals surface area contributed by atoms with Crippen molar-refractivity contribution in [3.8, 4) is 0 Å². The lowest BCUT2D eigenvalue weighted by Gasteiger charge is -2.59. The molecule has 0 aromatic rings. The van der Waals surface area contributed by atoms with Crippen molar-refractivity contribution in [1.82, 2.24) is 5.32 Å². The van der Waals surface area contributed by atoms with Gasteiger partial charge in [-0.2, -0.15) is 0 Å². The van der Waals surface area contributed by atoms with E-state index in [4.69, 9.17) is 18.9 Å². The molecule has 2 bridgehead atoms. The van der Waals surface area contributed by atoms with Gasteiger partial charge >= 0.3 is 0 Å². The molecule has 4 fully saturated rings. The number of rotatable bonds is 5. The Morgan fingerprint density at radius 2 is 1.71 bits per heavy atom. The predicted molar refractivity (Wildman–Crippen MR) is 90.7 cm³/mol. The Bertz CT molecular complexity index is 447. The molecule has 4 heterocycles. The summed E-state index contributed by atoms with van der Waals surface area (Å²) in [6, 6.07) is 0. The number of hydrogen-bond acceptors (Lipinski definition) is 5. The zero-order chi connectivity index (χ0) is 16.7. The molecule has 4 aliphatic heterocycles. The summed E-state index contributed by atoms with van der Waals surface area (Å²) in [6.45, 7) is 7.52. The number of ether oxygens (including phenoxy) is 4. The van der Waals surface area contributed by atoms with Crippen LogP contribution in [0, 0.1) is 5.92 Å². The average molecular weight is 339 g/mol. The minimum Gasteiger partial charge on any atom is -0.350 e. The van der Waals surface area contributed by atoms with E-state index in [1.165, 1.54) is 44.9 Å². The van der Waals surface area contributed by atoms with E-state index in [2.05, 4.69) is 19.2 Å². The quantitative estimate of drug-likeness (QED) is 0.834. The standard InChI is InChI=1S/C19H33NO4/c1-17-7-4-9-19(20-17,8-3-5-16-21-11-12-22-16)10-6-15(17)18(2)23-13-14-24-18/h15-16,20H,3-14H2,1-2H3/t15?,17-,19?/m1/s1. The Balaban J connectivity index is 1.39. The monoisotopic (exact) mass is 339 g/mol. The molecule has 138 valence electrons. The smallest absolute Gasteiger partial charge is 0.170 e. The van der Waals surface area contributed by atoms with Crippen molar-refractivity contribution in [1.29, 1.82) is 0 Å². The van der Waals surface area contributed by atoms with Crippen LogP contribution in [0.3, 0.4) is 0 Å². The highest BCUT2D eigenvalue weighted by atomic mass is 16.7. The van der Waals surface area contributed by atoms with Crippen molar-refractivity contribution < 1.29 is 18.9 Å². The fourth-order valence-corrected chi connectivity index (χ4v) is 5.78. The maximum atomic E-state index is 6.02. The summed E-state index contributed by atoms with van der Waals surface area (Å²) in [5.41, 5.74) is 0.410. The first kappa shape index (κ1) is 17.2. The molecular formula is C19H33NO4. The van der Waals surface area contributed by atoms with Crippen LogP contribution in [0.5, 0.6) is 0 Å². The highest BCUT2D eigenvalue weighted by molar-refractivity contribution is 5.10. The topological polar surface area (TPSA) is 49.0 Å². The summed E-state index contributed by atoms with van der Waals surface area (Å²) in [5.74, 6) is 0.0268. The van der Waals surface area contributed by atoms with Crippen LogP contribution in [0.4, 0.5) is 0 Å². The van der Waals surface area contributed by atoms with Gasteiger partial charge in [-0.05, 0) is 65.2 Å². The van der Waals surface area contributed by atoms with E-state index in [9.17, 15) is 0 Å². The van der Waals surface area contributed by atoms with Crippen LogP contribution in [0.25, 0.3) is 0 Å². The largest absolute Gasteiger partial charge is 0.350 e. The summed E-state index contributed by atoms with van der Waals surface area (Å²) < 4.78 is 23.2. The van der Waals surface area contributed by atoms with Gasteiger partial charge in [0.25, 0.3) is 0 Å². The molecule has 0 radical (unpaired) electrons. The van der Waals surface area contributed by atoms with E-state index in [0.717, 1.165) is 32.8 Å². The molecule has 4 rings (SSSR count). The Morgan fingerprint density at radius 1 is 0.958 bits per heavy atom. The van der Waals surface area contributed by atoms with Gasteiger partial charge in [0, 0.05) is 17.0 Å². The van der Waals surface area contributed by atoms with Crippen LogP contribution in [0.15, 0.2) is 0 Å². The first-order valence-electron chi connectivity index (χ1n) is 9.84. The SMILES string of the molecule is CC1(C2CCC3(CCCC4OCCO4)CCC[C@@]2(C)N3)OCCO1. The highest BCUT2D eigenvalue weighted by Gasteiger charge is 2.56. The minimum atomic E-state index is -0.406. The second-order valence-corrected chi connectivity index (χ2v) is 8.54. The number of nitrogens with one attached hydrogen (secondary N) is 1. The molecule has 2 unspecified atom stereocenters. The van der Waals surface area contributed by atoms with Crippen molar-refractivity contribution in [2.24, 2.45) is 5.92 Å². The molecule has 3 atom stereocenters. The lowest BCUT2D eigenvalue weighted by atomic mass is 9.62. The van der Waals surface area contributed by atoms with Gasteiger partial charge in [-0.25, -0.2) is 0 Å². The lowest BCUT2D eigenvalue weighted by molar-refractivity contribution is -0.216. The third-order valence-corrected chi connectivity index (χ3v) is 6.86. The molecule has 0 saturated carbocycles. The minimum absolute atomic E-state index is 0.0342. The van der Waals surface area contributed by atoms with Gasteiger partial charge in [-0.1, -0.05) is 0 Å². The number of hydrogen-bond donors (Lipinski definition) is 1. The molecule has 4 saturated heterocycles. The van der Waals surface area contributed by atoms with Crippen LogP contribution in [-0.4, -0.2) is 49.6 Å². The third-order valence-electron chi connectivity index (χ3n) is 6.86. The van der Waals surface area contributed by atoms with Crippen molar-refractivity contribution in [3.63, 3.8) is 0 Å². The Kier molecular flexibility index (Phi) is 4.67. The second kappa shape index (κ2) is 6.51. The predicted octanol–water partition coefficient (Wildman–Crippen LogP) is 2.97. The van der Waals surface area contributed by atoms with Gasteiger partial charge in [0.15, 0.2) is 12.1 Å². The fourth-order valence-electron chi connectivity index (χ4n) is 5.78. The van der Waals surface area contributed by atoms with Gasteiger partial charge in [0.2, 0.25) is 0 Å². The molecule has 0 spiro atoms. The summed E-state index contributed by atoms with van der Waals surface area (Å²) in [7, 11) is 0. The van der Waals surface area contributed by atoms with E-state index in [0.29, 0.717) is 5.92 Å². The molecule has 4 aliphatic rings. The second-order valence-electron chi connectivity index (χ2n) is 8.54. The molecule has 24 heavy (non-hydrogen) atoms. The van der Waals surface area contributed by atoms with E-state index >= 15 is 0 Å². The van der Waals surface area contributed by atoms with E-state index < -0.39 is 5.79 Å². The van der Waals surface area contributed by atoms with Crippen LogP contribution >= 0.6 is 0 Å². The lowest BCUT2D eigenvalue weighted by Crippen LogP contribution is -2.70. The molecule has 5 nitrogen and oxygen atoms in total. The van der Waals surface area contributed by atoms with Crippen molar-refractivity contribution in [2.75, 3.05) is 26.4 Å². The van der Waals surface area contributed by atoms with Gasteiger partial charge in [-0.15, -0.1) is 0 Å². The molecular weight excluding hydrogens is 306 g/mol. The van der Waals surface area contributed by atoms with Gasteiger partial charge in [0.05, 0.1) is 26.4 Å². The van der Waals surface area contributed by atoms with Crippen LogP contribution < -0.4 is 5.32 Å². The first-order chi connectivity index (χ1) is 11.5. The van der Waals surface area contributed by atoms with Crippen LogP contribution in [-0.2, 0) is 18.9 Å². The van der Waals surface area contributed by atoms with E-state index in [1.807, 2.05) is 0 Å². The molecule has 0 aromatic carbocycles. The zero-order valence-electron chi connectivity index (χ0n) is 15.3. The molecule has 5 heteroatoms. The summed E-state index contributed by atoms with van der Waals surface area (Å²) in [4.78, 5) is 0. The molecule has 0 aliphatic carbocycles. The summed E-state index contributed by atoms with van der Waals surface area (Å²) in [6.07, 6.45) is 9.67. The van der Waals surface area contributed by atoms with E-state index in [-0.39, 0.29) is 17.4 Å². The fraction of sp³-hybridized carbons (Fsp3) is 1.00. The molecule has 1 N–H and O–H groups in total. The van der Waals surface area contributed by atoms with Crippen LogP contribution in [0.1, 0.15) is 65.2 Å². The summed E-state index contributed by atoms with van der Waals surface area (Å²) in [5, 5.41) is 4.08. The molecule has 0 aromatic heterocycles. The zero-order valence-corrected chi connectivity index (χ0v) is 15.3.